The number of halogens is 5. The number of fused-ring (bicyclic) bond motifs is 1. The second-order valence-electron chi connectivity index (χ2n) is 9.37. The molecule has 5 aromatic rings. The Morgan fingerprint density at radius 1 is 0.857 bits per heavy atom. The Morgan fingerprint density at radius 2 is 1.52 bits per heavy atom. The molecule has 0 aliphatic carbocycles. The highest BCUT2D eigenvalue weighted by Crippen LogP contribution is 2.31. The van der Waals surface area contributed by atoms with Crippen molar-refractivity contribution in [3.63, 3.8) is 0 Å². The van der Waals surface area contributed by atoms with E-state index >= 15 is 0 Å². The third-order valence-electron chi connectivity index (χ3n) is 6.45. The first kappa shape index (κ1) is 28.3. The molecule has 12 heteroatoms. The molecular formula is C30H19F5N2O5. The van der Waals surface area contributed by atoms with Gasteiger partial charge in [0.2, 0.25) is 0 Å². The summed E-state index contributed by atoms with van der Waals surface area (Å²) in [5.74, 6) is -4.60. The summed E-state index contributed by atoms with van der Waals surface area (Å²) in [7, 11) is 0. The molecule has 0 saturated carbocycles. The van der Waals surface area contributed by atoms with Crippen molar-refractivity contribution in [2.24, 2.45) is 0 Å². The third-order valence-corrected chi connectivity index (χ3v) is 6.45. The van der Waals surface area contributed by atoms with Crippen LogP contribution in [0, 0.1) is 11.6 Å². The zero-order valence-electron chi connectivity index (χ0n) is 21.3. The molecule has 0 atom stereocenters. The van der Waals surface area contributed by atoms with Crippen LogP contribution in [0.3, 0.4) is 0 Å². The maximum Gasteiger partial charge on any atom is 0.420 e. The van der Waals surface area contributed by atoms with Gasteiger partial charge in [-0.1, -0.05) is 24.3 Å². The molecule has 5 rings (SSSR count). The molecule has 0 bridgehead atoms. The molecule has 0 spiro atoms. The number of oxazole rings is 1. The van der Waals surface area contributed by atoms with Gasteiger partial charge in [0.05, 0.1) is 23.2 Å². The second kappa shape index (κ2) is 11.0. The predicted molar refractivity (Wildman–Crippen MR) is 141 cm³/mol. The number of aromatic nitrogens is 1. The van der Waals surface area contributed by atoms with E-state index in [4.69, 9.17) is 9.52 Å². The summed E-state index contributed by atoms with van der Waals surface area (Å²) in [6.07, 6.45) is -4.62. The van der Waals surface area contributed by atoms with Gasteiger partial charge in [0.1, 0.15) is 17.2 Å². The Hall–Kier alpha value is -5.26. The van der Waals surface area contributed by atoms with Crippen LogP contribution in [-0.2, 0) is 19.3 Å². The van der Waals surface area contributed by atoms with Crippen molar-refractivity contribution < 1.29 is 41.1 Å². The van der Waals surface area contributed by atoms with Crippen LogP contribution in [0.25, 0.3) is 22.2 Å². The summed E-state index contributed by atoms with van der Waals surface area (Å²) >= 11 is 0. The first-order valence-electron chi connectivity index (χ1n) is 12.3. The fourth-order valence-electron chi connectivity index (χ4n) is 4.48. The van der Waals surface area contributed by atoms with Crippen LogP contribution < -0.4 is 11.1 Å². The SMILES string of the molecule is O=C(O)c1ccc(CNC(=O)c2cc(-c3cc(F)cc(F)c3)cc3oc(=O)n(Cc4cccc(C(F)(F)F)c4)c23)cc1. The van der Waals surface area contributed by atoms with Crippen LogP contribution in [0.5, 0.6) is 0 Å². The number of carbonyl (C=O) groups is 2. The highest BCUT2D eigenvalue weighted by Gasteiger charge is 2.30. The van der Waals surface area contributed by atoms with Gasteiger partial charge in [-0.15, -0.1) is 0 Å². The minimum Gasteiger partial charge on any atom is -0.478 e. The van der Waals surface area contributed by atoms with Gasteiger partial charge >= 0.3 is 17.9 Å². The van der Waals surface area contributed by atoms with E-state index in [1.54, 1.807) is 0 Å². The van der Waals surface area contributed by atoms with Gasteiger partial charge in [-0.3, -0.25) is 9.36 Å². The summed E-state index contributed by atoms with van der Waals surface area (Å²) in [5.41, 5.74) is -0.383. The first-order valence-corrected chi connectivity index (χ1v) is 12.3. The van der Waals surface area contributed by atoms with Gasteiger partial charge < -0.3 is 14.8 Å². The molecule has 42 heavy (non-hydrogen) atoms. The van der Waals surface area contributed by atoms with Crippen molar-refractivity contribution in [1.82, 2.24) is 9.88 Å². The van der Waals surface area contributed by atoms with Crippen LogP contribution in [0.15, 0.2) is 88.1 Å². The summed E-state index contributed by atoms with van der Waals surface area (Å²) in [6.45, 7) is -0.435. The maximum absolute atomic E-state index is 14.0. The number of carboxylic acids is 1. The number of nitrogens with one attached hydrogen (secondary N) is 1. The summed E-state index contributed by atoms with van der Waals surface area (Å²) in [6, 6.07) is 15.3. The fourth-order valence-corrected chi connectivity index (χ4v) is 4.48. The quantitative estimate of drug-likeness (QED) is 0.222. The molecule has 0 unspecified atom stereocenters. The Morgan fingerprint density at radius 3 is 2.17 bits per heavy atom. The topological polar surface area (TPSA) is 102 Å². The smallest absolute Gasteiger partial charge is 0.420 e. The lowest BCUT2D eigenvalue weighted by atomic mass is 10.0. The summed E-state index contributed by atoms with van der Waals surface area (Å²) in [4.78, 5) is 37.5. The van der Waals surface area contributed by atoms with Crippen molar-refractivity contribution >= 4 is 23.0 Å². The van der Waals surface area contributed by atoms with E-state index in [9.17, 15) is 36.3 Å². The Balaban J connectivity index is 1.59. The summed E-state index contributed by atoms with van der Waals surface area (Å²) < 4.78 is 74.1. The van der Waals surface area contributed by atoms with E-state index in [2.05, 4.69) is 5.32 Å². The lowest BCUT2D eigenvalue weighted by Gasteiger charge is -2.12. The van der Waals surface area contributed by atoms with Crippen molar-refractivity contribution in [3.05, 3.63) is 129 Å². The molecule has 0 fully saturated rings. The van der Waals surface area contributed by atoms with Crippen LogP contribution in [-0.4, -0.2) is 21.6 Å². The number of carbonyl (C=O) groups excluding carboxylic acids is 1. The zero-order chi connectivity index (χ0) is 30.2. The van der Waals surface area contributed by atoms with E-state index in [0.717, 1.165) is 28.8 Å². The van der Waals surface area contributed by atoms with Crippen molar-refractivity contribution in [2.75, 3.05) is 0 Å². The number of hydrogen-bond acceptors (Lipinski definition) is 4. The first-order chi connectivity index (χ1) is 19.9. The zero-order valence-corrected chi connectivity index (χ0v) is 21.3. The highest BCUT2D eigenvalue weighted by molar-refractivity contribution is 6.06. The number of hydrogen-bond donors (Lipinski definition) is 2. The second-order valence-corrected chi connectivity index (χ2v) is 9.37. The van der Waals surface area contributed by atoms with Crippen LogP contribution >= 0.6 is 0 Å². The standard InChI is InChI=1S/C30H19F5N2O5/c31-22-9-19(10-23(32)13-22)20-11-24(27(38)36-14-16-4-6-18(7-5-16)28(39)40)26-25(12-20)42-29(41)37(26)15-17-2-1-3-21(8-17)30(33,34)35/h1-13H,14-15H2,(H,36,38)(H,39,40). The van der Waals surface area contributed by atoms with Crippen molar-refractivity contribution in [2.45, 2.75) is 19.3 Å². The predicted octanol–water partition coefficient (Wildman–Crippen LogP) is 6.24. The normalized spacial score (nSPS) is 11.5. The molecular weight excluding hydrogens is 563 g/mol. The average Bonchev–Trinajstić information content (AvgIpc) is 3.25. The number of carboxylic acid groups (broad SMARTS) is 1. The van der Waals surface area contributed by atoms with Crippen molar-refractivity contribution in [3.8, 4) is 11.1 Å². The molecule has 2 N–H and O–H groups in total. The van der Waals surface area contributed by atoms with Crippen LogP contribution in [0.2, 0.25) is 0 Å². The molecule has 1 aromatic heterocycles. The molecule has 0 radical (unpaired) electrons. The van der Waals surface area contributed by atoms with E-state index in [-0.39, 0.29) is 52.0 Å². The van der Waals surface area contributed by atoms with E-state index in [0.29, 0.717) is 11.6 Å². The van der Waals surface area contributed by atoms with Gasteiger partial charge in [-0.25, -0.2) is 18.4 Å². The van der Waals surface area contributed by atoms with Gasteiger partial charge in [0.15, 0.2) is 5.58 Å². The maximum atomic E-state index is 14.0. The summed E-state index contributed by atoms with van der Waals surface area (Å²) in [5, 5.41) is 11.7. The van der Waals surface area contributed by atoms with Crippen LogP contribution in [0.4, 0.5) is 22.0 Å². The Bertz CT molecular complexity index is 1870. The lowest BCUT2D eigenvalue weighted by molar-refractivity contribution is -0.137. The lowest BCUT2D eigenvalue weighted by Crippen LogP contribution is -2.25. The van der Waals surface area contributed by atoms with Gasteiger partial charge in [0, 0.05) is 12.6 Å². The van der Waals surface area contributed by atoms with E-state index < -0.39 is 41.0 Å². The minimum atomic E-state index is -4.62. The Labute approximate surface area is 233 Å². The van der Waals surface area contributed by atoms with Gasteiger partial charge in [-0.05, 0) is 70.8 Å². The van der Waals surface area contributed by atoms with Crippen LogP contribution in [0.1, 0.15) is 37.4 Å². The molecule has 1 heterocycles. The molecule has 0 aliphatic heterocycles. The highest BCUT2D eigenvalue weighted by atomic mass is 19.4. The molecule has 4 aromatic carbocycles. The van der Waals surface area contributed by atoms with Gasteiger partial charge in [-0.2, -0.15) is 13.2 Å². The number of aromatic carboxylic acids is 1. The molecule has 1 amide bonds. The molecule has 7 nitrogen and oxygen atoms in total. The van der Waals surface area contributed by atoms with E-state index in [1.165, 1.54) is 48.5 Å². The Kier molecular flexibility index (Phi) is 7.38. The van der Waals surface area contributed by atoms with Crippen molar-refractivity contribution in [1.29, 1.82) is 0 Å². The number of amides is 1. The number of alkyl halides is 3. The largest absolute Gasteiger partial charge is 0.478 e. The third kappa shape index (κ3) is 5.92. The molecule has 0 saturated heterocycles. The van der Waals surface area contributed by atoms with E-state index in [1.807, 2.05) is 0 Å². The minimum absolute atomic E-state index is 0.0406. The fraction of sp³-hybridized carbons (Fsp3) is 0.100. The molecule has 0 aliphatic rings. The average molecular weight is 582 g/mol. The number of nitrogens with zero attached hydrogens (tertiary/aromatic N) is 1. The number of rotatable bonds is 7. The monoisotopic (exact) mass is 582 g/mol. The van der Waals surface area contributed by atoms with Gasteiger partial charge in [0.25, 0.3) is 5.91 Å². The molecule has 214 valence electrons. The number of benzene rings is 4.